The van der Waals surface area contributed by atoms with Gasteiger partial charge in [-0.15, -0.1) is 0 Å². The molecule has 0 bridgehead atoms. The summed E-state index contributed by atoms with van der Waals surface area (Å²) in [6.45, 7) is 2.11. The van der Waals surface area contributed by atoms with Crippen molar-refractivity contribution in [3.8, 4) is 0 Å². The van der Waals surface area contributed by atoms with E-state index in [1.165, 1.54) is 5.56 Å². The number of hydrogen-bond acceptors (Lipinski definition) is 3. The summed E-state index contributed by atoms with van der Waals surface area (Å²) in [5.41, 5.74) is 8.67. The van der Waals surface area contributed by atoms with Crippen LogP contribution in [0.1, 0.15) is 12.5 Å². The molecule has 0 spiro atoms. The fourth-order valence-electron chi connectivity index (χ4n) is 1.77. The highest BCUT2D eigenvalue weighted by Crippen LogP contribution is 2.31. The zero-order chi connectivity index (χ0) is 13.1. The van der Waals surface area contributed by atoms with Crippen molar-refractivity contribution in [2.45, 2.75) is 19.4 Å². The molecule has 5 heteroatoms. The van der Waals surface area contributed by atoms with E-state index < -0.39 is 0 Å². The predicted molar refractivity (Wildman–Crippen MR) is 82.0 cm³/mol. The lowest BCUT2D eigenvalue weighted by Gasteiger charge is -2.17. The summed E-state index contributed by atoms with van der Waals surface area (Å²) in [4.78, 5) is 0. The third-order valence-electron chi connectivity index (χ3n) is 2.62. The highest BCUT2D eigenvalue weighted by molar-refractivity contribution is 7.07. The minimum Gasteiger partial charge on any atom is -0.397 e. The van der Waals surface area contributed by atoms with Crippen LogP contribution in [-0.2, 0) is 6.42 Å². The van der Waals surface area contributed by atoms with Crippen LogP contribution in [0.5, 0.6) is 0 Å². The van der Waals surface area contributed by atoms with Crippen molar-refractivity contribution in [3.05, 3.63) is 44.6 Å². The lowest BCUT2D eigenvalue weighted by molar-refractivity contribution is 0.793. The molecule has 1 aromatic carbocycles. The van der Waals surface area contributed by atoms with Crippen molar-refractivity contribution in [1.82, 2.24) is 0 Å². The molecule has 0 aliphatic carbocycles. The van der Waals surface area contributed by atoms with E-state index in [-0.39, 0.29) is 6.04 Å². The lowest BCUT2D eigenvalue weighted by atomic mass is 10.1. The molecule has 1 atom stereocenters. The number of benzene rings is 1. The standard InChI is InChI=1S/C13H14Cl2N2S/c1-8(4-9-2-3-18-7-9)17-13-6-11(15)10(14)5-12(13)16/h2-3,5-8,17H,4,16H2,1H3. The van der Waals surface area contributed by atoms with Gasteiger partial charge in [0.1, 0.15) is 0 Å². The van der Waals surface area contributed by atoms with Gasteiger partial charge in [-0.1, -0.05) is 23.2 Å². The smallest absolute Gasteiger partial charge is 0.0614 e. The number of nitrogens with one attached hydrogen (secondary N) is 1. The van der Waals surface area contributed by atoms with Crippen molar-refractivity contribution in [1.29, 1.82) is 0 Å². The van der Waals surface area contributed by atoms with E-state index in [9.17, 15) is 0 Å². The first kappa shape index (κ1) is 13.5. The molecule has 0 aliphatic heterocycles. The van der Waals surface area contributed by atoms with E-state index in [1.54, 1.807) is 23.5 Å². The summed E-state index contributed by atoms with van der Waals surface area (Å²) in [5.74, 6) is 0. The van der Waals surface area contributed by atoms with Crippen LogP contribution in [0.4, 0.5) is 11.4 Å². The second-order valence-electron chi connectivity index (χ2n) is 4.23. The number of thiophene rings is 1. The Hall–Kier alpha value is -0.900. The molecule has 0 saturated carbocycles. The third kappa shape index (κ3) is 3.31. The molecule has 1 aromatic heterocycles. The SMILES string of the molecule is CC(Cc1ccsc1)Nc1cc(Cl)c(Cl)cc1N. The van der Waals surface area contributed by atoms with Crippen LogP contribution in [0.2, 0.25) is 10.0 Å². The average Bonchev–Trinajstić information content (AvgIpc) is 2.78. The maximum atomic E-state index is 5.99. The second kappa shape index (κ2) is 5.83. The van der Waals surface area contributed by atoms with Gasteiger partial charge in [0.05, 0.1) is 21.4 Å². The third-order valence-corrected chi connectivity index (χ3v) is 4.07. The lowest BCUT2D eigenvalue weighted by Crippen LogP contribution is -2.18. The Morgan fingerprint density at radius 1 is 1.33 bits per heavy atom. The van der Waals surface area contributed by atoms with Gasteiger partial charge in [0, 0.05) is 6.04 Å². The number of rotatable bonds is 4. The summed E-state index contributed by atoms with van der Waals surface area (Å²) in [6, 6.07) is 5.84. The van der Waals surface area contributed by atoms with Crippen LogP contribution in [-0.4, -0.2) is 6.04 Å². The molecule has 2 nitrogen and oxygen atoms in total. The van der Waals surface area contributed by atoms with Crippen LogP contribution in [0, 0.1) is 0 Å². The van der Waals surface area contributed by atoms with Crippen LogP contribution in [0.25, 0.3) is 0 Å². The zero-order valence-electron chi connectivity index (χ0n) is 9.91. The highest BCUT2D eigenvalue weighted by Gasteiger charge is 2.09. The fourth-order valence-corrected chi connectivity index (χ4v) is 2.78. The molecule has 1 unspecified atom stereocenters. The Morgan fingerprint density at radius 2 is 2.06 bits per heavy atom. The van der Waals surface area contributed by atoms with Gasteiger partial charge < -0.3 is 11.1 Å². The molecular weight excluding hydrogens is 287 g/mol. The van der Waals surface area contributed by atoms with E-state index in [4.69, 9.17) is 28.9 Å². The average molecular weight is 301 g/mol. The minimum absolute atomic E-state index is 0.277. The number of halogens is 2. The van der Waals surface area contributed by atoms with Gasteiger partial charge in [0.25, 0.3) is 0 Å². The van der Waals surface area contributed by atoms with Crippen LogP contribution in [0.3, 0.4) is 0 Å². The van der Waals surface area contributed by atoms with Crippen molar-refractivity contribution in [2.75, 3.05) is 11.1 Å². The van der Waals surface area contributed by atoms with Gasteiger partial charge in [0.15, 0.2) is 0 Å². The Labute approximate surface area is 121 Å². The van der Waals surface area contributed by atoms with E-state index in [0.29, 0.717) is 15.7 Å². The van der Waals surface area contributed by atoms with Crippen LogP contribution in [0.15, 0.2) is 29.0 Å². The molecule has 1 heterocycles. The molecule has 2 aromatic rings. The first-order chi connectivity index (χ1) is 8.56. The predicted octanol–water partition coefficient (Wildman–Crippen LogP) is 4.68. The maximum Gasteiger partial charge on any atom is 0.0614 e. The molecule has 0 amide bonds. The number of anilines is 2. The van der Waals surface area contributed by atoms with Gasteiger partial charge in [-0.3, -0.25) is 0 Å². The molecular formula is C13H14Cl2N2S. The van der Waals surface area contributed by atoms with Crippen LogP contribution < -0.4 is 11.1 Å². The van der Waals surface area contributed by atoms with Gasteiger partial charge in [0.2, 0.25) is 0 Å². The summed E-state index contributed by atoms with van der Waals surface area (Å²) in [7, 11) is 0. The summed E-state index contributed by atoms with van der Waals surface area (Å²) >= 11 is 13.6. The summed E-state index contributed by atoms with van der Waals surface area (Å²) in [6.07, 6.45) is 0.948. The second-order valence-corrected chi connectivity index (χ2v) is 5.83. The zero-order valence-corrected chi connectivity index (χ0v) is 12.2. The molecule has 0 saturated heterocycles. The Balaban J connectivity index is 2.07. The quantitative estimate of drug-likeness (QED) is 0.805. The Morgan fingerprint density at radius 3 is 2.72 bits per heavy atom. The maximum absolute atomic E-state index is 5.99. The minimum atomic E-state index is 0.277. The largest absolute Gasteiger partial charge is 0.397 e. The van der Waals surface area contributed by atoms with E-state index >= 15 is 0 Å². The normalized spacial score (nSPS) is 12.4. The highest BCUT2D eigenvalue weighted by atomic mass is 35.5. The first-order valence-corrected chi connectivity index (χ1v) is 7.28. The van der Waals surface area contributed by atoms with Crippen molar-refractivity contribution < 1.29 is 0 Å². The molecule has 96 valence electrons. The first-order valence-electron chi connectivity index (χ1n) is 5.58. The van der Waals surface area contributed by atoms with Gasteiger partial charge in [-0.2, -0.15) is 11.3 Å². The molecule has 0 aliphatic rings. The van der Waals surface area contributed by atoms with Gasteiger partial charge >= 0.3 is 0 Å². The molecule has 2 rings (SSSR count). The number of nitrogen functional groups attached to an aromatic ring is 1. The molecule has 3 N–H and O–H groups in total. The molecule has 0 fully saturated rings. The fraction of sp³-hybridized carbons (Fsp3) is 0.231. The topological polar surface area (TPSA) is 38.0 Å². The monoisotopic (exact) mass is 300 g/mol. The summed E-state index contributed by atoms with van der Waals surface area (Å²) < 4.78 is 0. The Bertz CT molecular complexity index is 526. The molecule has 0 radical (unpaired) electrons. The number of hydrogen-bond donors (Lipinski definition) is 2. The van der Waals surface area contributed by atoms with E-state index in [1.807, 2.05) is 0 Å². The molecule has 18 heavy (non-hydrogen) atoms. The van der Waals surface area contributed by atoms with Gasteiger partial charge in [-0.25, -0.2) is 0 Å². The van der Waals surface area contributed by atoms with Crippen molar-refractivity contribution in [3.63, 3.8) is 0 Å². The number of nitrogens with two attached hydrogens (primary N) is 1. The van der Waals surface area contributed by atoms with E-state index in [0.717, 1.165) is 12.1 Å². The van der Waals surface area contributed by atoms with Gasteiger partial charge in [-0.05, 0) is 47.9 Å². The van der Waals surface area contributed by atoms with Crippen molar-refractivity contribution >= 4 is 45.9 Å². The van der Waals surface area contributed by atoms with Crippen LogP contribution >= 0.6 is 34.5 Å². The summed E-state index contributed by atoms with van der Waals surface area (Å²) in [5, 5.41) is 8.57. The Kier molecular flexibility index (Phi) is 4.38. The van der Waals surface area contributed by atoms with E-state index in [2.05, 4.69) is 29.1 Å². The van der Waals surface area contributed by atoms with Crippen molar-refractivity contribution in [2.24, 2.45) is 0 Å².